The number of amides is 2. The number of hydrogen-bond donors (Lipinski definition) is 2. The Balaban J connectivity index is 4.26. The molecular formula is C13H23N3O3. The smallest absolute Gasteiger partial charge is 0.243 e. The van der Waals surface area contributed by atoms with Crippen LogP contribution in [0.3, 0.4) is 0 Å². The fourth-order valence-corrected chi connectivity index (χ4v) is 1.95. The normalized spacial score (nSPS) is 10.8. The summed E-state index contributed by atoms with van der Waals surface area (Å²) in [6, 6.07) is 2.15. The first-order chi connectivity index (χ1) is 9.02. The summed E-state index contributed by atoms with van der Waals surface area (Å²) in [6.07, 6.45) is 2.65. The van der Waals surface area contributed by atoms with Crippen molar-refractivity contribution in [3.05, 3.63) is 0 Å². The topological polar surface area (TPSA) is 105 Å². The molecular weight excluding hydrogens is 246 g/mol. The second kappa shape index (κ2) is 9.34. The lowest BCUT2D eigenvalue weighted by atomic mass is 9.80. The molecule has 0 bridgehead atoms. The van der Waals surface area contributed by atoms with Gasteiger partial charge in [-0.15, -0.1) is 0 Å². The SMILES string of the molecule is CCCC(C#N)(CCC)C(=O)NCCOCC(N)=O. The van der Waals surface area contributed by atoms with Gasteiger partial charge in [0.15, 0.2) is 0 Å². The van der Waals surface area contributed by atoms with E-state index in [1.807, 2.05) is 13.8 Å². The number of carbonyl (C=O) groups excluding carboxylic acids is 2. The van der Waals surface area contributed by atoms with Crippen LogP contribution in [0.25, 0.3) is 0 Å². The molecule has 6 nitrogen and oxygen atoms in total. The Morgan fingerprint density at radius 1 is 1.32 bits per heavy atom. The van der Waals surface area contributed by atoms with Crippen LogP contribution >= 0.6 is 0 Å². The zero-order valence-electron chi connectivity index (χ0n) is 11.7. The summed E-state index contributed by atoms with van der Waals surface area (Å²) in [5.41, 5.74) is 3.96. The average Bonchev–Trinajstić information content (AvgIpc) is 2.37. The summed E-state index contributed by atoms with van der Waals surface area (Å²) in [5, 5.41) is 12.0. The van der Waals surface area contributed by atoms with Crippen molar-refractivity contribution in [2.45, 2.75) is 39.5 Å². The molecule has 3 N–H and O–H groups in total. The lowest BCUT2D eigenvalue weighted by Crippen LogP contribution is -2.41. The lowest BCUT2D eigenvalue weighted by molar-refractivity contribution is -0.129. The minimum atomic E-state index is -0.951. The number of nitriles is 1. The molecule has 0 heterocycles. The van der Waals surface area contributed by atoms with Gasteiger partial charge in [-0.25, -0.2) is 0 Å². The largest absolute Gasteiger partial charge is 0.370 e. The first-order valence-electron chi connectivity index (χ1n) is 6.58. The predicted octanol–water partition coefficient (Wildman–Crippen LogP) is 0.715. The van der Waals surface area contributed by atoms with Crippen LogP contribution < -0.4 is 11.1 Å². The second-order valence-electron chi connectivity index (χ2n) is 4.47. The number of carbonyl (C=O) groups is 2. The van der Waals surface area contributed by atoms with E-state index in [1.165, 1.54) is 0 Å². The molecule has 0 spiro atoms. The van der Waals surface area contributed by atoms with Gasteiger partial charge in [-0.2, -0.15) is 5.26 Å². The molecule has 0 aromatic heterocycles. The molecule has 0 aliphatic rings. The summed E-state index contributed by atoms with van der Waals surface area (Å²) in [7, 11) is 0. The maximum atomic E-state index is 12.1. The summed E-state index contributed by atoms with van der Waals surface area (Å²) < 4.78 is 4.94. The molecule has 0 aromatic carbocycles. The third kappa shape index (κ3) is 6.20. The van der Waals surface area contributed by atoms with E-state index >= 15 is 0 Å². The second-order valence-corrected chi connectivity index (χ2v) is 4.47. The van der Waals surface area contributed by atoms with Gasteiger partial charge in [0, 0.05) is 6.54 Å². The van der Waals surface area contributed by atoms with Crippen molar-refractivity contribution in [2.24, 2.45) is 11.1 Å². The molecule has 2 amide bonds. The van der Waals surface area contributed by atoms with Gasteiger partial charge in [0.25, 0.3) is 0 Å². The maximum absolute atomic E-state index is 12.1. The van der Waals surface area contributed by atoms with E-state index in [9.17, 15) is 14.9 Å². The van der Waals surface area contributed by atoms with E-state index in [0.717, 1.165) is 12.8 Å². The number of primary amides is 1. The molecule has 6 heteroatoms. The minimum Gasteiger partial charge on any atom is -0.370 e. The highest BCUT2D eigenvalue weighted by Crippen LogP contribution is 2.29. The summed E-state index contributed by atoms with van der Waals surface area (Å²) in [6.45, 7) is 4.20. The Labute approximate surface area is 114 Å². The Bertz CT molecular complexity index is 331. The first kappa shape index (κ1) is 17.4. The molecule has 0 fully saturated rings. The van der Waals surface area contributed by atoms with Crippen LogP contribution in [0.5, 0.6) is 0 Å². The molecule has 108 valence electrons. The third-order valence-corrected chi connectivity index (χ3v) is 2.78. The predicted molar refractivity (Wildman–Crippen MR) is 70.9 cm³/mol. The molecule has 0 saturated carbocycles. The van der Waals surface area contributed by atoms with Crippen molar-refractivity contribution in [2.75, 3.05) is 19.8 Å². The first-order valence-corrected chi connectivity index (χ1v) is 6.58. The van der Waals surface area contributed by atoms with Crippen LogP contribution in [0.4, 0.5) is 0 Å². The van der Waals surface area contributed by atoms with Gasteiger partial charge < -0.3 is 15.8 Å². The fraction of sp³-hybridized carbons (Fsp3) is 0.769. The molecule has 0 rings (SSSR count). The number of nitrogens with two attached hydrogens (primary N) is 1. The molecule has 19 heavy (non-hydrogen) atoms. The van der Waals surface area contributed by atoms with Crippen LogP contribution in [-0.4, -0.2) is 31.6 Å². The van der Waals surface area contributed by atoms with E-state index in [1.54, 1.807) is 0 Å². The zero-order chi connectivity index (χ0) is 14.7. The quantitative estimate of drug-likeness (QED) is 0.570. The van der Waals surface area contributed by atoms with Gasteiger partial charge in [0.1, 0.15) is 12.0 Å². The van der Waals surface area contributed by atoms with E-state index in [0.29, 0.717) is 12.8 Å². The van der Waals surface area contributed by atoms with Crippen LogP contribution in [0.15, 0.2) is 0 Å². The van der Waals surface area contributed by atoms with Crippen molar-refractivity contribution in [3.63, 3.8) is 0 Å². The minimum absolute atomic E-state index is 0.164. The number of nitrogens with one attached hydrogen (secondary N) is 1. The van der Waals surface area contributed by atoms with Crippen molar-refractivity contribution in [1.29, 1.82) is 5.26 Å². The Kier molecular flexibility index (Phi) is 8.55. The summed E-state index contributed by atoms with van der Waals surface area (Å²) >= 11 is 0. The van der Waals surface area contributed by atoms with E-state index in [2.05, 4.69) is 11.4 Å². The number of rotatable bonds is 10. The molecule has 0 atom stereocenters. The molecule has 0 aliphatic carbocycles. The summed E-state index contributed by atoms with van der Waals surface area (Å²) in [5.74, 6) is -0.809. The number of hydrogen-bond acceptors (Lipinski definition) is 4. The van der Waals surface area contributed by atoms with Crippen LogP contribution in [-0.2, 0) is 14.3 Å². The number of ether oxygens (including phenoxy) is 1. The van der Waals surface area contributed by atoms with Crippen LogP contribution in [0.1, 0.15) is 39.5 Å². The van der Waals surface area contributed by atoms with Gasteiger partial charge in [-0.1, -0.05) is 26.7 Å². The molecule has 0 aromatic rings. The lowest BCUT2D eigenvalue weighted by Gasteiger charge is -2.24. The third-order valence-electron chi connectivity index (χ3n) is 2.78. The molecule has 0 aliphatic heterocycles. The molecule has 0 saturated heterocycles. The van der Waals surface area contributed by atoms with E-state index < -0.39 is 11.3 Å². The Morgan fingerprint density at radius 2 is 1.89 bits per heavy atom. The highest BCUT2D eigenvalue weighted by molar-refractivity contribution is 5.85. The highest BCUT2D eigenvalue weighted by Gasteiger charge is 2.36. The molecule has 0 unspecified atom stereocenters. The monoisotopic (exact) mass is 269 g/mol. The summed E-state index contributed by atoms with van der Waals surface area (Å²) in [4.78, 5) is 22.5. The number of nitrogens with zero attached hydrogens (tertiary/aromatic N) is 1. The van der Waals surface area contributed by atoms with Crippen molar-refractivity contribution in [3.8, 4) is 6.07 Å². The Hall–Kier alpha value is -1.61. The molecule has 0 radical (unpaired) electrons. The van der Waals surface area contributed by atoms with Gasteiger partial charge in [0.05, 0.1) is 12.7 Å². The average molecular weight is 269 g/mol. The van der Waals surface area contributed by atoms with E-state index in [-0.39, 0.29) is 25.7 Å². The van der Waals surface area contributed by atoms with Gasteiger partial charge >= 0.3 is 0 Å². The Morgan fingerprint density at radius 3 is 2.32 bits per heavy atom. The van der Waals surface area contributed by atoms with Crippen molar-refractivity contribution < 1.29 is 14.3 Å². The van der Waals surface area contributed by atoms with Crippen molar-refractivity contribution in [1.82, 2.24) is 5.32 Å². The van der Waals surface area contributed by atoms with E-state index in [4.69, 9.17) is 10.5 Å². The zero-order valence-corrected chi connectivity index (χ0v) is 11.7. The van der Waals surface area contributed by atoms with Crippen molar-refractivity contribution >= 4 is 11.8 Å². The van der Waals surface area contributed by atoms with Gasteiger partial charge in [-0.05, 0) is 12.8 Å². The maximum Gasteiger partial charge on any atom is 0.243 e. The fourth-order valence-electron chi connectivity index (χ4n) is 1.95. The van der Waals surface area contributed by atoms with Crippen LogP contribution in [0.2, 0.25) is 0 Å². The standard InChI is InChI=1S/C13H23N3O3/c1-3-5-13(10-14,6-4-2)12(18)16-7-8-19-9-11(15)17/h3-9H2,1-2H3,(H2,15,17)(H,16,18). The van der Waals surface area contributed by atoms with Crippen LogP contribution in [0, 0.1) is 16.7 Å². The van der Waals surface area contributed by atoms with Gasteiger partial charge in [-0.3, -0.25) is 9.59 Å². The van der Waals surface area contributed by atoms with Gasteiger partial charge in [0.2, 0.25) is 11.8 Å². The highest BCUT2D eigenvalue weighted by atomic mass is 16.5.